The average molecular weight is 809 g/mol. The minimum atomic E-state index is -5.05. The third-order valence-electron chi connectivity index (χ3n) is 10.1. The molecule has 4 N–H and O–H groups in total. The lowest BCUT2D eigenvalue weighted by Crippen LogP contribution is -2.60. The molecule has 13 heteroatoms. The van der Waals surface area contributed by atoms with E-state index in [0.29, 0.717) is 13.0 Å². The van der Waals surface area contributed by atoms with E-state index in [1.165, 1.54) is 122 Å². The van der Waals surface area contributed by atoms with Crippen molar-refractivity contribution in [1.29, 1.82) is 0 Å². The summed E-state index contributed by atoms with van der Waals surface area (Å²) in [6.07, 6.45) is 26.8. The van der Waals surface area contributed by atoms with Crippen molar-refractivity contribution in [2.45, 2.75) is 224 Å². The second kappa shape index (κ2) is 34.8. The number of rotatable bonds is 38. The number of hydrogen-bond acceptors (Lipinski definition) is 11. The molecule has 0 aromatic carbocycles. The lowest BCUT2D eigenvalue weighted by molar-refractivity contribution is -0.301. The number of hydrogen-bond donors (Lipinski definition) is 4. The van der Waals surface area contributed by atoms with Gasteiger partial charge in [0.15, 0.2) is 6.29 Å². The van der Waals surface area contributed by atoms with Crippen LogP contribution in [0.4, 0.5) is 0 Å². The van der Waals surface area contributed by atoms with Gasteiger partial charge >= 0.3 is 16.4 Å². The maximum absolute atomic E-state index is 12.8. The molecule has 1 aliphatic rings. The van der Waals surface area contributed by atoms with Crippen molar-refractivity contribution >= 4 is 16.4 Å². The van der Waals surface area contributed by atoms with Crippen LogP contribution in [0, 0.1) is 0 Å². The van der Waals surface area contributed by atoms with Gasteiger partial charge in [-0.1, -0.05) is 154 Å². The number of esters is 1. The fourth-order valence-corrected chi connectivity index (χ4v) is 7.29. The molecule has 0 aromatic rings. The topological polar surface area (TPSA) is 178 Å². The van der Waals surface area contributed by atoms with Gasteiger partial charge < -0.3 is 34.3 Å². The number of aliphatic hydroxyl groups is 3. The van der Waals surface area contributed by atoms with Gasteiger partial charge in [0.05, 0.1) is 19.8 Å². The molecule has 0 bridgehead atoms. The van der Waals surface area contributed by atoms with Gasteiger partial charge in [-0.3, -0.25) is 9.35 Å². The highest BCUT2D eigenvalue weighted by molar-refractivity contribution is 7.80. The Morgan fingerprint density at radius 2 is 1.15 bits per heavy atom. The predicted octanol–water partition coefficient (Wildman–Crippen LogP) is 8.69. The zero-order valence-corrected chi connectivity index (χ0v) is 35.3. The van der Waals surface area contributed by atoms with E-state index in [2.05, 4.69) is 30.2 Å². The van der Waals surface area contributed by atoms with E-state index >= 15 is 0 Å². The van der Waals surface area contributed by atoms with Crippen LogP contribution in [-0.4, -0.2) is 97.5 Å². The Labute approximate surface area is 334 Å². The summed E-state index contributed by atoms with van der Waals surface area (Å²) in [4.78, 5) is 12.8. The van der Waals surface area contributed by atoms with Crippen LogP contribution in [0.2, 0.25) is 0 Å². The Bertz CT molecular complexity index is 1030. The summed E-state index contributed by atoms with van der Waals surface area (Å²) in [6.45, 7) is 3.97. The van der Waals surface area contributed by atoms with Crippen LogP contribution < -0.4 is 0 Å². The van der Waals surface area contributed by atoms with Crippen LogP contribution in [0.3, 0.4) is 0 Å². The van der Waals surface area contributed by atoms with E-state index in [-0.39, 0.29) is 19.6 Å². The minimum Gasteiger partial charge on any atom is -0.457 e. The zero-order chi connectivity index (χ0) is 40.4. The Hall–Kier alpha value is -1.16. The van der Waals surface area contributed by atoms with Crippen LogP contribution in [0.5, 0.6) is 0 Å². The molecule has 0 aromatic heterocycles. The normalized spacial score (nSPS) is 21.0. The van der Waals surface area contributed by atoms with Crippen LogP contribution in [0.15, 0.2) is 12.2 Å². The van der Waals surface area contributed by atoms with E-state index in [0.717, 1.165) is 38.5 Å². The van der Waals surface area contributed by atoms with E-state index < -0.39 is 59.8 Å². The summed E-state index contributed by atoms with van der Waals surface area (Å²) in [5.74, 6) is -0.400. The van der Waals surface area contributed by atoms with Crippen LogP contribution in [-0.2, 0) is 38.3 Å². The maximum Gasteiger partial charge on any atom is 0.397 e. The molecule has 0 saturated carbocycles. The molecule has 6 unspecified atom stereocenters. The number of ether oxygens (including phenoxy) is 4. The monoisotopic (exact) mass is 809 g/mol. The summed E-state index contributed by atoms with van der Waals surface area (Å²) in [5.41, 5.74) is 0. The van der Waals surface area contributed by atoms with Gasteiger partial charge in [-0.25, -0.2) is 4.18 Å². The first-order valence-corrected chi connectivity index (χ1v) is 23.3. The Morgan fingerprint density at radius 1 is 0.673 bits per heavy atom. The Kier molecular flexibility index (Phi) is 32.9. The van der Waals surface area contributed by atoms with Crippen molar-refractivity contribution in [2.24, 2.45) is 0 Å². The highest BCUT2D eigenvalue weighted by Gasteiger charge is 2.48. The van der Waals surface area contributed by atoms with Crippen molar-refractivity contribution < 1.29 is 56.2 Å². The summed E-state index contributed by atoms with van der Waals surface area (Å²) in [5, 5.41) is 30.6. The molecular weight excluding hydrogens is 729 g/mol. The van der Waals surface area contributed by atoms with Crippen LogP contribution in [0.1, 0.15) is 187 Å². The largest absolute Gasteiger partial charge is 0.457 e. The summed E-state index contributed by atoms with van der Waals surface area (Å²) >= 11 is 0. The van der Waals surface area contributed by atoms with Crippen molar-refractivity contribution in [1.82, 2.24) is 0 Å². The van der Waals surface area contributed by atoms with Crippen LogP contribution in [0.25, 0.3) is 0 Å². The molecule has 1 fully saturated rings. The van der Waals surface area contributed by atoms with Gasteiger partial charge in [-0.05, 0) is 38.5 Å². The van der Waals surface area contributed by atoms with Gasteiger partial charge in [0.25, 0.3) is 0 Å². The molecule has 1 rings (SSSR count). The van der Waals surface area contributed by atoms with Gasteiger partial charge in [0, 0.05) is 13.0 Å². The first-order chi connectivity index (χ1) is 26.6. The zero-order valence-electron chi connectivity index (χ0n) is 34.5. The van der Waals surface area contributed by atoms with Crippen molar-refractivity contribution in [2.75, 3.05) is 26.4 Å². The molecule has 1 heterocycles. The second-order valence-electron chi connectivity index (χ2n) is 15.3. The number of unbranched alkanes of at least 4 members (excludes halogenated alkanes) is 23. The predicted molar refractivity (Wildman–Crippen MR) is 216 cm³/mol. The fraction of sp³-hybridized carbons (Fsp3) is 0.929. The van der Waals surface area contributed by atoms with Crippen molar-refractivity contribution in [3.8, 4) is 0 Å². The van der Waals surface area contributed by atoms with Gasteiger partial charge in [-0.15, -0.1) is 0 Å². The van der Waals surface area contributed by atoms with Gasteiger partial charge in [-0.2, -0.15) is 8.42 Å². The number of carbonyl (C=O) groups excluding carboxylic acids is 1. The highest BCUT2D eigenvalue weighted by Crippen LogP contribution is 2.26. The molecule has 55 heavy (non-hydrogen) atoms. The van der Waals surface area contributed by atoms with Gasteiger partial charge in [0.2, 0.25) is 0 Å². The molecule has 12 nitrogen and oxygen atoms in total. The number of allylic oxidation sites excluding steroid dienone is 2. The Balaban J connectivity index is 2.39. The molecule has 0 radical (unpaired) electrons. The lowest BCUT2D eigenvalue weighted by atomic mass is 9.99. The Morgan fingerprint density at radius 3 is 1.64 bits per heavy atom. The lowest BCUT2D eigenvalue weighted by Gasteiger charge is -2.41. The molecule has 1 aliphatic heterocycles. The standard InChI is InChI=1S/C42H80O12S/c1-3-5-7-9-11-13-14-15-16-17-18-19-20-21-22-23-25-27-29-31-38(44)52-36(34-50-32-30-28-26-24-12-10-8-6-4-2)35-51-42-40(46)41(54-55(47,48)49)39(45)37(33-43)53-42/h15-16,36-37,39-43,45-46H,3-14,17-35H2,1-2H3,(H,47,48,49)/b16-15-. The summed E-state index contributed by atoms with van der Waals surface area (Å²) in [6, 6.07) is 0. The van der Waals surface area contributed by atoms with E-state index in [4.69, 9.17) is 23.5 Å². The second-order valence-corrected chi connectivity index (χ2v) is 16.3. The number of carbonyl (C=O) groups is 1. The van der Waals surface area contributed by atoms with Crippen LogP contribution >= 0.6 is 0 Å². The van der Waals surface area contributed by atoms with Crippen molar-refractivity contribution in [3.63, 3.8) is 0 Å². The maximum atomic E-state index is 12.8. The molecular formula is C42H80O12S. The van der Waals surface area contributed by atoms with E-state index in [1.807, 2.05) is 0 Å². The highest BCUT2D eigenvalue weighted by atomic mass is 32.3. The van der Waals surface area contributed by atoms with Crippen molar-refractivity contribution in [3.05, 3.63) is 12.2 Å². The smallest absolute Gasteiger partial charge is 0.397 e. The third-order valence-corrected chi connectivity index (χ3v) is 10.6. The first kappa shape index (κ1) is 51.9. The van der Waals surface area contributed by atoms with E-state index in [1.54, 1.807) is 0 Å². The molecule has 326 valence electrons. The quantitative estimate of drug-likeness (QED) is 0.0202. The summed E-state index contributed by atoms with van der Waals surface area (Å²) in [7, 11) is -5.05. The average Bonchev–Trinajstić information content (AvgIpc) is 3.15. The SMILES string of the molecule is CCCCCCCC/C=C\CCCCCCCCCCCC(=O)OC(COCCCCCCCCCCC)COC1OC(CO)C(O)C(OS(=O)(=O)O)C1O. The molecule has 0 spiro atoms. The minimum absolute atomic E-state index is 0.0397. The molecule has 6 atom stereocenters. The van der Waals surface area contributed by atoms with E-state index in [9.17, 15) is 28.5 Å². The molecule has 1 saturated heterocycles. The first-order valence-electron chi connectivity index (χ1n) is 21.9. The molecule has 0 aliphatic carbocycles. The summed E-state index contributed by atoms with van der Waals surface area (Å²) < 4.78 is 58.9. The van der Waals surface area contributed by atoms with Gasteiger partial charge in [0.1, 0.15) is 30.5 Å². The molecule has 0 amide bonds. The fourth-order valence-electron chi connectivity index (χ4n) is 6.78. The number of aliphatic hydroxyl groups excluding tert-OH is 3. The third kappa shape index (κ3) is 28.8.